The molecule has 0 unspecified atom stereocenters. The van der Waals surface area contributed by atoms with Gasteiger partial charge in [0.25, 0.3) is 0 Å². The van der Waals surface area contributed by atoms with Crippen LogP contribution in [0.25, 0.3) is 39.2 Å². The van der Waals surface area contributed by atoms with Crippen LogP contribution in [0.2, 0.25) is 0 Å². The van der Waals surface area contributed by atoms with Crippen molar-refractivity contribution in [1.29, 1.82) is 0 Å². The molecule has 5 aromatic rings. The molecule has 8 nitrogen and oxygen atoms in total. The largest absolute Gasteiger partial charge is 0.300 e. The molecule has 6 rings (SSSR count). The van der Waals surface area contributed by atoms with Gasteiger partial charge in [-0.2, -0.15) is 9.49 Å². The molecule has 1 N–H and O–H groups in total. The van der Waals surface area contributed by atoms with E-state index < -0.39 is 27.0 Å². The van der Waals surface area contributed by atoms with E-state index >= 15 is 0 Å². The fourth-order valence-electron chi connectivity index (χ4n) is 4.18. The highest BCUT2D eigenvalue weighted by Crippen LogP contribution is 2.35. The van der Waals surface area contributed by atoms with Crippen molar-refractivity contribution in [3.8, 4) is 33.5 Å². The van der Waals surface area contributed by atoms with Gasteiger partial charge >= 0.3 is 0 Å². The Morgan fingerprint density at radius 3 is 2.47 bits per heavy atom. The Hall–Kier alpha value is -4.12. The molecule has 1 fully saturated rings. The van der Waals surface area contributed by atoms with E-state index in [1.54, 1.807) is 29.2 Å². The smallest absolute Gasteiger partial charge is 0.235 e. The minimum atomic E-state index is -3.57. The first kappa shape index (κ1) is 22.4. The van der Waals surface area contributed by atoms with Gasteiger partial charge in [-0.25, -0.2) is 22.8 Å². The van der Waals surface area contributed by atoms with Gasteiger partial charge in [0.2, 0.25) is 16.0 Å². The Labute approximate surface area is 205 Å². The van der Waals surface area contributed by atoms with E-state index in [-0.39, 0.29) is 11.3 Å². The van der Waals surface area contributed by atoms with Crippen molar-refractivity contribution in [2.24, 2.45) is 7.05 Å². The lowest BCUT2D eigenvalue weighted by molar-refractivity contribution is 0.554. The highest BCUT2D eigenvalue weighted by Gasteiger charge is 2.35. The van der Waals surface area contributed by atoms with Gasteiger partial charge in [0.1, 0.15) is 11.5 Å². The number of halogens is 2. The molecular formula is C25H20F2N6O2S. The van der Waals surface area contributed by atoms with Crippen molar-refractivity contribution >= 4 is 21.4 Å². The Kier molecular flexibility index (Phi) is 5.11. The number of hydrogen-bond acceptors (Lipinski definition) is 5. The molecule has 0 radical (unpaired) electrons. The molecular weight excluding hydrogens is 486 g/mol. The van der Waals surface area contributed by atoms with Crippen LogP contribution in [-0.4, -0.2) is 37.8 Å². The first-order valence-corrected chi connectivity index (χ1v) is 12.8. The zero-order valence-electron chi connectivity index (χ0n) is 19.1. The van der Waals surface area contributed by atoms with E-state index in [0.717, 1.165) is 17.3 Å². The maximum atomic E-state index is 14.6. The summed E-state index contributed by atoms with van der Waals surface area (Å²) in [6, 6.07) is 9.45. The number of sulfonamides is 1. The summed E-state index contributed by atoms with van der Waals surface area (Å²) in [4.78, 5) is 8.09. The third kappa shape index (κ3) is 4.11. The summed E-state index contributed by atoms with van der Waals surface area (Å²) in [5, 5.41) is 3.77. The molecule has 4 heterocycles. The molecule has 0 bridgehead atoms. The van der Waals surface area contributed by atoms with Crippen molar-refractivity contribution in [2.45, 2.75) is 18.1 Å². The number of aromatic nitrogens is 5. The molecule has 1 aliphatic rings. The van der Waals surface area contributed by atoms with Crippen LogP contribution in [0, 0.1) is 11.8 Å². The van der Waals surface area contributed by atoms with Crippen LogP contribution < -0.4 is 4.72 Å². The van der Waals surface area contributed by atoms with Crippen LogP contribution in [0.1, 0.15) is 12.8 Å². The molecule has 1 aromatic carbocycles. The summed E-state index contributed by atoms with van der Waals surface area (Å²) in [5.41, 5.74) is 4.53. The quantitative estimate of drug-likeness (QED) is 0.339. The fourth-order valence-corrected chi connectivity index (χ4v) is 5.55. The van der Waals surface area contributed by atoms with Crippen LogP contribution in [0.4, 0.5) is 14.5 Å². The van der Waals surface area contributed by atoms with Crippen LogP contribution >= 0.6 is 0 Å². The number of benzene rings is 1. The van der Waals surface area contributed by atoms with Gasteiger partial charge < -0.3 is 0 Å². The molecule has 182 valence electrons. The van der Waals surface area contributed by atoms with E-state index in [1.165, 1.54) is 6.07 Å². The average molecular weight is 507 g/mol. The second kappa shape index (κ2) is 8.23. The monoisotopic (exact) mass is 506 g/mol. The molecule has 1 aliphatic carbocycles. The lowest BCUT2D eigenvalue weighted by Gasteiger charge is -2.13. The van der Waals surface area contributed by atoms with Gasteiger partial charge in [0.15, 0.2) is 0 Å². The Morgan fingerprint density at radius 1 is 0.944 bits per heavy atom. The minimum absolute atomic E-state index is 0.0535. The van der Waals surface area contributed by atoms with Gasteiger partial charge in [-0.15, -0.1) is 0 Å². The van der Waals surface area contributed by atoms with Crippen LogP contribution in [0.5, 0.6) is 0 Å². The van der Waals surface area contributed by atoms with Gasteiger partial charge in [-0.05, 0) is 54.3 Å². The third-order valence-corrected chi connectivity index (χ3v) is 8.00. The van der Waals surface area contributed by atoms with Gasteiger partial charge in [0.05, 0.1) is 23.3 Å². The molecule has 36 heavy (non-hydrogen) atoms. The molecule has 0 amide bonds. The number of nitrogens with one attached hydrogen (secondary N) is 1. The van der Waals surface area contributed by atoms with Crippen LogP contribution in [-0.2, 0) is 17.1 Å². The summed E-state index contributed by atoms with van der Waals surface area (Å²) in [7, 11) is -1.72. The average Bonchev–Trinajstić information content (AvgIpc) is 3.49. The molecule has 11 heteroatoms. The second-order valence-electron chi connectivity index (χ2n) is 8.82. The number of imidazole rings is 1. The summed E-state index contributed by atoms with van der Waals surface area (Å²) < 4.78 is 59.5. The normalized spacial score (nSPS) is 13.9. The summed E-state index contributed by atoms with van der Waals surface area (Å²) in [5.74, 6) is -1.73. The topological polar surface area (TPSA) is 94.2 Å². The first-order valence-electron chi connectivity index (χ1n) is 11.2. The zero-order chi connectivity index (χ0) is 25.0. The highest BCUT2D eigenvalue weighted by molar-refractivity contribution is 7.93. The lowest BCUT2D eigenvalue weighted by atomic mass is 10.0. The number of aryl methyl sites for hydroxylation is 1. The number of nitrogens with zero attached hydrogens (tertiary/aromatic N) is 5. The number of fused-ring (bicyclic) bond motifs is 1. The summed E-state index contributed by atoms with van der Waals surface area (Å²) >= 11 is 0. The highest BCUT2D eigenvalue weighted by atomic mass is 32.2. The lowest BCUT2D eigenvalue weighted by Crippen LogP contribution is -2.17. The molecule has 0 aliphatic heterocycles. The zero-order valence-corrected chi connectivity index (χ0v) is 19.9. The van der Waals surface area contributed by atoms with E-state index in [1.807, 2.05) is 36.0 Å². The first-order chi connectivity index (χ1) is 17.3. The van der Waals surface area contributed by atoms with Crippen molar-refractivity contribution in [3.63, 3.8) is 0 Å². The molecule has 0 spiro atoms. The standard InChI is InChI=1S/C25H20F2N6O2S/c1-32-14-18(11-30-32)15-4-5-33-23(13-29-25(33)9-15)17-6-16(21-12-28-24(27)10-22(21)26)7-19(8-17)31-36(34,35)20-2-3-20/h4-14,20,31H,2-3H2,1H3. The Bertz CT molecular complexity index is 1740. The third-order valence-electron chi connectivity index (χ3n) is 6.13. The van der Waals surface area contributed by atoms with E-state index in [4.69, 9.17) is 0 Å². The van der Waals surface area contributed by atoms with Gasteiger partial charge in [-0.3, -0.25) is 13.8 Å². The van der Waals surface area contributed by atoms with Crippen molar-refractivity contribution in [3.05, 3.63) is 79.1 Å². The van der Waals surface area contributed by atoms with Crippen molar-refractivity contribution < 1.29 is 17.2 Å². The summed E-state index contributed by atoms with van der Waals surface area (Å²) in [6.45, 7) is 0. The maximum absolute atomic E-state index is 14.6. The van der Waals surface area contributed by atoms with E-state index in [2.05, 4.69) is 19.8 Å². The summed E-state index contributed by atoms with van der Waals surface area (Å²) in [6.07, 6.45) is 9.50. The van der Waals surface area contributed by atoms with Crippen LogP contribution in [0.15, 0.2) is 67.4 Å². The fraction of sp³-hybridized carbons (Fsp3) is 0.160. The predicted molar refractivity (Wildman–Crippen MR) is 132 cm³/mol. The maximum Gasteiger partial charge on any atom is 0.235 e. The Morgan fingerprint density at radius 2 is 1.75 bits per heavy atom. The number of rotatable bonds is 6. The molecule has 4 aromatic heterocycles. The SMILES string of the molecule is Cn1cc(-c2ccn3c(-c4cc(NS(=O)(=O)C5CC5)cc(-c5cnc(F)cc5F)c4)cnc3c2)cn1. The predicted octanol–water partition coefficient (Wildman–Crippen LogP) is 4.65. The van der Waals surface area contributed by atoms with Gasteiger partial charge in [-0.1, -0.05) is 0 Å². The number of anilines is 1. The molecule has 0 saturated heterocycles. The minimum Gasteiger partial charge on any atom is -0.300 e. The number of hydrogen-bond donors (Lipinski definition) is 1. The van der Waals surface area contributed by atoms with Crippen LogP contribution in [0.3, 0.4) is 0 Å². The Balaban J connectivity index is 1.47. The van der Waals surface area contributed by atoms with E-state index in [9.17, 15) is 17.2 Å². The second-order valence-corrected chi connectivity index (χ2v) is 10.8. The van der Waals surface area contributed by atoms with E-state index in [0.29, 0.717) is 41.4 Å². The molecule has 0 atom stereocenters. The molecule has 1 saturated carbocycles. The van der Waals surface area contributed by atoms with Crippen molar-refractivity contribution in [1.82, 2.24) is 24.1 Å². The number of pyridine rings is 2. The van der Waals surface area contributed by atoms with Gasteiger partial charge in [0, 0.05) is 54.1 Å². The van der Waals surface area contributed by atoms with Crippen molar-refractivity contribution in [2.75, 3.05) is 4.72 Å².